The molecule has 23 heavy (non-hydrogen) atoms. The molecular weight excluding hydrogens is 339 g/mol. The van der Waals surface area contributed by atoms with Crippen molar-refractivity contribution in [1.29, 1.82) is 0 Å². The van der Waals surface area contributed by atoms with Crippen molar-refractivity contribution in [3.05, 3.63) is 52.0 Å². The van der Waals surface area contributed by atoms with E-state index < -0.39 is 0 Å². The van der Waals surface area contributed by atoms with E-state index in [1.807, 2.05) is 13.0 Å². The lowest BCUT2D eigenvalue weighted by molar-refractivity contribution is -0.121. The molecule has 1 amide bonds. The third-order valence-corrected chi connectivity index (χ3v) is 3.64. The molecular formula is C15H12Cl2N4O2. The number of aromatic nitrogens is 3. The Morgan fingerprint density at radius 1 is 1.26 bits per heavy atom. The second-order valence-corrected chi connectivity index (χ2v) is 5.74. The smallest absolute Gasteiger partial charge is 0.265 e. The van der Waals surface area contributed by atoms with Crippen LogP contribution in [0.4, 0.5) is 5.69 Å². The van der Waals surface area contributed by atoms with E-state index in [-0.39, 0.29) is 12.5 Å². The molecule has 0 radical (unpaired) electrons. The summed E-state index contributed by atoms with van der Waals surface area (Å²) in [5, 5.41) is 11.4. The molecule has 8 heteroatoms. The molecule has 3 rings (SSSR count). The van der Waals surface area contributed by atoms with Gasteiger partial charge < -0.3 is 10.2 Å². The van der Waals surface area contributed by atoms with Crippen molar-refractivity contribution in [3.63, 3.8) is 0 Å². The molecule has 0 fully saturated rings. The number of fused-ring (bicyclic) bond motifs is 1. The Morgan fingerprint density at radius 3 is 2.87 bits per heavy atom. The van der Waals surface area contributed by atoms with Crippen LogP contribution in [0.25, 0.3) is 11.0 Å². The lowest BCUT2D eigenvalue weighted by Crippen LogP contribution is -2.26. The summed E-state index contributed by atoms with van der Waals surface area (Å²) >= 11 is 12.0. The van der Waals surface area contributed by atoms with Gasteiger partial charge >= 0.3 is 0 Å². The summed E-state index contributed by atoms with van der Waals surface area (Å²) in [6.45, 7) is 1.68. The summed E-state index contributed by atoms with van der Waals surface area (Å²) in [5.74, 6) is -0.360. The highest BCUT2D eigenvalue weighted by Crippen LogP contribution is 2.22. The van der Waals surface area contributed by atoms with Crippen LogP contribution in [0.3, 0.4) is 0 Å². The van der Waals surface area contributed by atoms with Gasteiger partial charge in [0.2, 0.25) is 0 Å². The average Bonchev–Trinajstić information content (AvgIpc) is 2.90. The second kappa shape index (κ2) is 6.44. The Morgan fingerprint density at radius 2 is 2.09 bits per heavy atom. The minimum Gasteiger partial charge on any atom is -0.385 e. The zero-order chi connectivity index (χ0) is 16.4. The number of benzene rings is 2. The van der Waals surface area contributed by atoms with E-state index >= 15 is 0 Å². The van der Waals surface area contributed by atoms with Gasteiger partial charge in [-0.1, -0.05) is 34.1 Å². The van der Waals surface area contributed by atoms with Gasteiger partial charge in [-0.25, -0.2) is 0 Å². The summed E-state index contributed by atoms with van der Waals surface area (Å²) in [7, 11) is 0. The molecule has 0 unspecified atom stereocenters. The predicted molar refractivity (Wildman–Crippen MR) is 88.8 cm³/mol. The molecule has 118 valence electrons. The SMILES string of the molecule is Cc1ccc(NC(=O)COn2nnc3ccc(Cl)cc32)c(Cl)c1. The molecule has 6 nitrogen and oxygen atoms in total. The first-order chi connectivity index (χ1) is 11.0. The molecule has 0 aliphatic carbocycles. The van der Waals surface area contributed by atoms with Crippen molar-refractivity contribution in [3.8, 4) is 0 Å². The zero-order valence-electron chi connectivity index (χ0n) is 12.1. The van der Waals surface area contributed by atoms with E-state index in [1.54, 1.807) is 30.3 Å². The fourth-order valence-corrected chi connectivity index (χ4v) is 2.44. The molecule has 0 saturated carbocycles. The third-order valence-electron chi connectivity index (χ3n) is 3.09. The van der Waals surface area contributed by atoms with Gasteiger partial charge in [0.1, 0.15) is 11.0 Å². The van der Waals surface area contributed by atoms with Gasteiger partial charge in [0.25, 0.3) is 5.91 Å². The summed E-state index contributed by atoms with van der Waals surface area (Å²) in [5.41, 5.74) is 2.74. The molecule has 1 aromatic heterocycles. The lowest BCUT2D eigenvalue weighted by Gasteiger charge is -2.09. The molecule has 0 spiro atoms. The number of nitrogens with one attached hydrogen (secondary N) is 1. The fraction of sp³-hybridized carbons (Fsp3) is 0.133. The summed E-state index contributed by atoms with van der Waals surface area (Å²) < 4.78 is 0. The van der Waals surface area contributed by atoms with E-state index in [0.29, 0.717) is 26.8 Å². The number of hydrogen-bond donors (Lipinski definition) is 1. The summed E-state index contributed by atoms with van der Waals surface area (Å²) in [6, 6.07) is 10.4. The Bertz CT molecular complexity index is 879. The molecule has 0 bridgehead atoms. The molecule has 2 aromatic carbocycles. The van der Waals surface area contributed by atoms with Crippen molar-refractivity contribution < 1.29 is 9.63 Å². The highest BCUT2D eigenvalue weighted by molar-refractivity contribution is 6.33. The maximum Gasteiger partial charge on any atom is 0.265 e. The topological polar surface area (TPSA) is 69.0 Å². The Labute approximate surface area is 141 Å². The number of halogens is 2. The molecule has 0 atom stereocenters. The molecule has 3 aromatic rings. The second-order valence-electron chi connectivity index (χ2n) is 4.90. The quantitative estimate of drug-likeness (QED) is 0.784. The predicted octanol–water partition coefficient (Wildman–Crippen LogP) is 3.11. The molecule has 0 saturated heterocycles. The fourth-order valence-electron chi connectivity index (χ4n) is 1.99. The van der Waals surface area contributed by atoms with Crippen molar-refractivity contribution in [2.24, 2.45) is 0 Å². The van der Waals surface area contributed by atoms with Crippen LogP contribution >= 0.6 is 23.2 Å². The van der Waals surface area contributed by atoms with Crippen LogP contribution in [0.5, 0.6) is 0 Å². The van der Waals surface area contributed by atoms with Gasteiger partial charge in [-0.15, -0.1) is 5.10 Å². The number of anilines is 1. The molecule has 0 aliphatic rings. The van der Waals surface area contributed by atoms with E-state index in [9.17, 15) is 4.79 Å². The Kier molecular flexibility index (Phi) is 4.36. The summed E-state index contributed by atoms with van der Waals surface area (Å²) in [6.07, 6.45) is 0. The number of rotatable bonds is 4. The molecule has 1 N–H and O–H groups in total. The number of amides is 1. The number of nitrogens with zero attached hydrogens (tertiary/aromatic N) is 3. The van der Waals surface area contributed by atoms with Crippen molar-refractivity contribution in [2.45, 2.75) is 6.92 Å². The van der Waals surface area contributed by atoms with Crippen LogP contribution in [-0.2, 0) is 4.79 Å². The van der Waals surface area contributed by atoms with Gasteiger partial charge in [-0.2, -0.15) is 0 Å². The standard InChI is InChI=1S/C15H12Cl2N4O2/c1-9-2-4-12(11(17)6-9)18-15(22)8-23-21-14-7-10(16)3-5-13(14)19-20-21/h2-7H,8H2,1H3,(H,18,22). The Balaban J connectivity index is 1.67. The largest absolute Gasteiger partial charge is 0.385 e. The van der Waals surface area contributed by atoms with Gasteiger partial charge in [-0.05, 0) is 48.0 Å². The third kappa shape index (κ3) is 3.55. The van der Waals surface area contributed by atoms with Gasteiger partial charge in [0.15, 0.2) is 6.61 Å². The van der Waals surface area contributed by atoms with Crippen LogP contribution in [-0.4, -0.2) is 27.7 Å². The van der Waals surface area contributed by atoms with Gasteiger partial charge in [-0.3, -0.25) is 4.79 Å². The normalized spacial score (nSPS) is 10.7. The number of hydrogen-bond acceptors (Lipinski definition) is 4. The monoisotopic (exact) mass is 350 g/mol. The summed E-state index contributed by atoms with van der Waals surface area (Å²) in [4.78, 5) is 18.5. The molecule has 0 aliphatic heterocycles. The highest BCUT2D eigenvalue weighted by Gasteiger charge is 2.10. The first-order valence-corrected chi connectivity index (χ1v) is 7.49. The zero-order valence-corrected chi connectivity index (χ0v) is 13.6. The number of carbonyl (C=O) groups excluding carboxylic acids is 1. The maximum absolute atomic E-state index is 12.0. The number of aryl methyl sites for hydroxylation is 1. The van der Waals surface area contributed by atoms with E-state index in [4.69, 9.17) is 28.0 Å². The first-order valence-electron chi connectivity index (χ1n) is 6.73. The van der Waals surface area contributed by atoms with Crippen LogP contribution in [0.1, 0.15) is 5.56 Å². The van der Waals surface area contributed by atoms with Gasteiger partial charge in [0.05, 0.1) is 10.7 Å². The van der Waals surface area contributed by atoms with Crippen molar-refractivity contribution >= 4 is 45.8 Å². The first kappa shape index (κ1) is 15.6. The minimum atomic E-state index is -0.360. The molecule has 1 heterocycles. The highest BCUT2D eigenvalue weighted by atomic mass is 35.5. The minimum absolute atomic E-state index is 0.241. The van der Waals surface area contributed by atoms with Gasteiger partial charge in [0, 0.05) is 5.02 Å². The Hall–Kier alpha value is -2.31. The lowest BCUT2D eigenvalue weighted by atomic mass is 10.2. The van der Waals surface area contributed by atoms with Crippen LogP contribution in [0.15, 0.2) is 36.4 Å². The average molecular weight is 351 g/mol. The van der Waals surface area contributed by atoms with Crippen LogP contribution < -0.4 is 10.2 Å². The van der Waals surface area contributed by atoms with Crippen LogP contribution in [0, 0.1) is 6.92 Å². The van der Waals surface area contributed by atoms with E-state index in [1.165, 1.54) is 0 Å². The van der Waals surface area contributed by atoms with Crippen molar-refractivity contribution in [1.82, 2.24) is 15.2 Å². The van der Waals surface area contributed by atoms with E-state index in [2.05, 4.69) is 15.6 Å². The van der Waals surface area contributed by atoms with Crippen LogP contribution in [0.2, 0.25) is 10.0 Å². The maximum atomic E-state index is 12.0. The number of carbonyl (C=O) groups is 1. The van der Waals surface area contributed by atoms with Crippen molar-refractivity contribution in [2.75, 3.05) is 11.9 Å². The van der Waals surface area contributed by atoms with E-state index in [0.717, 1.165) is 10.4 Å².